The molecule has 2 aromatic heterocycles. The van der Waals surface area contributed by atoms with E-state index in [1.165, 1.54) is 11.3 Å². The minimum Gasteiger partial charge on any atom is -0.287 e. The second-order valence-electron chi connectivity index (χ2n) is 3.72. The van der Waals surface area contributed by atoms with Crippen LogP contribution in [0.1, 0.15) is 16.1 Å². The van der Waals surface area contributed by atoms with Gasteiger partial charge in [0, 0.05) is 22.5 Å². The van der Waals surface area contributed by atoms with Gasteiger partial charge in [-0.25, -0.2) is 0 Å². The molecule has 3 aromatic rings. The van der Waals surface area contributed by atoms with E-state index in [0.29, 0.717) is 11.3 Å². The molecule has 0 N–H and O–H groups in total. The van der Waals surface area contributed by atoms with E-state index < -0.39 is 0 Å². The molecule has 2 heterocycles. The highest BCUT2D eigenvalue weighted by Crippen LogP contribution is 2.20. The van der Waals surface area contributed by atoms with Gasteiger partial charge in [-0.15, -0.1) is 0 Å². The number of ketones is 1. The summed E-state index contributed by atoms with van der Waals surface area (Å²) in [5.74, 6) is -0.0111. The van der Waals surface area contributed by atoms with E-state index >= 15 is 0 Å². The average molecular weight is 239 g/mol. The second kappa shape index (κ2) is 4.11. The monoisotopic (exact) mass is 239 g/mol. The van der Waals surface area contributed by atoms with Crippen LogP contribution in [0.5, 0.6) is 0 Å². The summed E-state index contributed by atoms with van der Waals surface area (Å²) in [6.07, 6.45) is 1.68. The van der Waals surface area contributed by atoms with Crippen molar-refractivity contribution >= 4 is 27.9 Å². The molecule has 0 saturated carbocycles. The fourth-order valence-electron chi connectivity index (χ4n) is 1.83. The first-order chi connectivity index (χ1) is 8.36. The van der Waals surface area contributed by atoms with Crippen LogP contribution in [0.3, 0.4) is 0 Å². The van der Waals surface area contributed by atoms with Crippen molar-refractivity contribution in [3.8, 4) is 0 Å². The number of nitrogens with zero attached hydrogens (tertiary/aromatic N) is 1. The Labute approximate surface area is 103 Å². The molecule has 0 spiro atoms. The van der Waals surface area contributed by atoms with Crippen LogP contribution in [-0.4, -0.2) is 10.8 Å². The predicted molar refractivity (Wildman–Crippen MR) is 69.5 cm³/mol. The number of hydrogen-bond acceptors (Lipinski definition) is 3. The molecule has 0 radical (unpaired) electrons. The van der Waals surface area contributed by atoms with Crippen LogP contribution in [0.2, 0.25) is 0 Å². The Balaban J connectivity index is 2.21. The van der Waals surface area contributed by atoms with E-state index in [1.807, 2.05) is 47.2 Å². The van der Waals surface area contributed by atoms with Crippen molar-refractivity contribution in [3.63, 3.8) is 0 Å². The predicted octanol–water partition coefficient (Wildman–Crippen LogP) is 3.53. The molecule has 3 heteroatoms. The maximum absolute atomic E-state index is 12.3. The lowest BCUT2D eigenvalue weighted by Crippen LogP contribution is -2.03. The molecule has 17 heavy (non-hydrogen) atoms. The molecule has 0 aliphatic carbocycles. The normalized spacial score (nSPS) is 10.6. The average Bonchev–Trinajstić information content (AvgIpc) is 2.91. The summed E-state index contributed by atoms with van der Waals surface area (Å²) >= 11 is 1.52. The third-order valence-corrected chi connectivity index (χ3v) is 3.36. The molecule has 0 saturated heterocycles. The highest BCUT2D eigenvalue weighted by atomic mass is 32.1. The number of rotatable bonds is 2. The van der Waals surface area contributed by atoms with Crippen molar-refractivity contribution in [1.29, 1.82) is 0 Å². The lowest BCUT2D eigenvalue weighted by atomic mass is 10.0. The number of hydrogen-bond donors (Lipinski definition) is 0. The van der Waals surface area contributed by atoms with Gasteiger partial charge in [0.1, 0.15) is 5.69 Å². The Morgan fingerprint density at radius 2 is 2.00 bits per heavy atom. The van der Waals surface area contributed by atoms with Crippen molar-refractivity contribution in [2.45, 2.75) is 0 Å². The fourth-order valence-corrected chi connectivity index (χ4v) is 2.47. The number of benzene rings is 1. The molecular formula is C14H9NOS. The molecule has 0 aliphatic heterocycles. The van der Waals surface area contributed by atoms with Gasteiger partial charge < -0.3 is 0 Å². The third-order valence-electron chi connectivity index (χ3n) is 2.67. The van der Waals surface area contributed by atoms with Gasteiger partial charge in [0.25, 0.3) is 0 Å². The van der Waals surface area contributed by atoms with Gasteiger partial charge in [0.05, 0.1) is 0 Å². The summed E-state index contributed by atoms with van der Waals surface area (Å²) < 4.78 is 0. The Kier molecular flexibility index (Phi) is 2.46. The van der Waals surface area contributed by atoms with Crippen molar-refractivity contribution in [1.82, 2.24) is 4.98 Å². The Hall–Kier alpha value is -2.00. The van der Waals surface area contributed by atoms with Crippen molar-refractivity contribution in [3.05, 3.63) is 64.6 Å². The van der Waals surface area contributed by atoms with Crippen molar-refractivity contribution < 1.29 is 4.79 Å². The molecule has 0 amide bonds. The van der Waals surface area contributed by atoms with E-state index in [9.17, 15) is 4.79 Å². The Bertz CT molecular complexity index is 668. The summed E-state index contributed by atoms with van der Waals surface area (Å²) in [6, 6.07) is 11.6. The topological polar surface area (TPSA) is 30.0 Å². The van der Waals surface area contributed by atoms with Crippen molar-refractivity contribution in [2.75, 3.05) is 0 Å². The van der Waals surface area contributed by atoms with Crippen LogP contribution in [0.15, 0.2) is 53.4 Å². The van der Waals surface area contributed by atoms with Crippen LogP contribution in [0.4, 0.5) is 0 Å². The van der Waals surface area contributed by atoms with E-state index in [2.05, 4.69) is 4.98 Å². The van der Waals surface area contributed by atoms with Gasteiger partial charge in [0.2, 0.25) is 5.78 Å². The second-order valence-corrected chi connectivity index (χ2v) is 4.50. The first kappa shape index (κ1) is 10.2. The fraction of sp³-hybridized carbons (Fsp3) is 0. The van der Waals surface area contributed by atoms with Crippen LogP contribution in [0.25, 0.3) is 10.8 Å². The van der Waals surface area contributed by atoms with E-state index in [4.69, 9.17) is 0 Å². The van der Waals surface area contributed by atoms with Gasteiger partial charge in [-0.1, -0.05) is 24.3 Å². The van der Waals surface area contributed by atoms with E-state index in [0.717, 1.165) is 10.8 Å². The van der Waals surface area contributed by atoms with Crippen LogP contribution < -0.4 is 0 Å². The van der Waals surface area contributed by atoms with Crippen LogP contribution >= 0.6 is 11.3 Å². The summed E-state index contributed by atoms with van der Waals surface area (Å²) in [4.78, 5) is 16.5. The minimum atomic E-state index is -0.0111. The summed E-state index contributed by atoms with van der Waals surface area (Å²) in [5.41, 5.74) is 1.24. The minimum absolute atomic E-state index is 0.0111. The van der Waals surface area contributed by atoms with Crippen LogP contribution in [0, 0.1) is 0 Å². The maximum atomic E-state index is 12.3. The molecule has 3 rings (SSSR count). The number of fused-ring (bicyclic) bond motifs is 1. The summed E-state index contributed by atoms with van der Waals surface area (Å²) in [7, 11) is 0. The van der Waals surface area contributed by atoms with Gasteiger partial charge >= 0.3 is 0 Å². The highest BCUT2D eigenvalue weighted by Gasteiger charge is 2.13. The molecule has 0 bridgehead atoms. The summed E-state index contributed by atoms with van der Waals surface area (Å²) in [6.45, 7) is 0. The maximum Gasteiger partial charge on any atom is 0.212 e. The quantitative estimate of drug-likeness (QED) is 0.640. The third kappa shape index (κ3) is 1.74. The number of carbonyl (C=O) groups is 1. The van der Waals surface area contributed by atoms with E-state index in [1.54, 1.807) is 6.20 Å². The lowest BCUT2D eigenvalue weighted by molar-refractivity contribution is 0.103. The smallest absolute Gasteiger partial charge is 0.212 e. The van der Waals surface area contributed by atoms with Crippen LogP contribution in [-0.2, 0) is 0 Å². The molecule has 1 aromatic carbocycles. The van der Waals surface area contributed by atoms with Gasteiger partial charge in [0.15, 0.2) is 0 Å². The van der Waals surface area contributed by atoms with Gasteiger partial charge in [-0.3, -0.25) is 9.78 Å². The summed E-state index contributed by atoms with van der Waals surface area (Å²) in [5, 5.41) is 5.71. The molecule has 82 valence electrons. The first-order valence-corrected chi connectivity index (χ1v) is 6.21. The number of carbonyl (C=O) groups excluding carboxylic acids is 1. The van der Waals surface area contributed by atoms with Gasteiger partial charge in [-0.2, -0.15) is 11.3 Å². The number of thiophene rings is 1. The zero-order valence-corrected chi connectivity index (χ0v) is 9.78. The zero-order valence-electron chi connectivity index (χ0n) is 8.96. The molecular weight excluding hydrogens is 230 g/mol. The molecule has 0 fully saturated rings. The molecule has 0 unspecified atom stereocenters. The zero-order chi connectivity index (χ0) is 11.7. The Morgan fingerprint density at radius 1 is 1.12 bits per heavy atom. The largest absolute Gasteiger partial charge is 0.287 e. The van der Waals surface area contributed by atoms with E-state index in [-0.39, 0.29) is 5.78 Å². The lowest BCUT2D eigenvalue weighted by Gasteiger charge is -2.03. The Morgan fingerprint density at radius 3 is 2.82 bits per heavy atom. The number of pyridine rings is 1. The first-order valence-electron chi connectivity index (χ1n) is 5.27. The highest BCUT2D eigenvalue weighted by molar-refractivity contribution is 7.08. The molecule has 0 atom stereocenters. The number of aromatic nitrogens is 1. The SMILES string of the molecule is O=C(c1ccsc1)c1nccc2ccccc12. The van der Waals surface area contributed by atoms with Crippen molar-refractivity contribution in [2.24, 2.45) is 0 Å². The van der Waals surface area contributed by atoms with Gasteiger partial charge in [-0.05, 0) is 22.9 Å². The standard InChI is InChI=1S/C14H9NOS/c16-14(11-6-8-17-9-11)13-12-4-2-1-3-10(12)5-7-15-13/h1-9H. The molecule has 0 aliphatic rings. The molecule has 2 nitrogen and oxygen atoms in total.